The van der Waals surface area contributed by atoms with Crippen molar-refractivity contribution in [2.45, 2.75) is 38.1 Å². The minimum Gasteiger partial charge on any atom is -0.353 e. The van der Waals surface area contributed by atoms with E-state index in [0.29, 0.717) is 6.04 Å². The lowest BCUT2D eigenvalue weighted by Crippen LogP contribution is -2.45. The van der Waals surface area contributed by atoms with E-state index in [1.807, 2.05) is 0 Å². The van der Waals surface area contributed by atoms with E-state index in [1.165, 1.54) is 0 Å². The summed E-state index contributed by atoms with van der Waals surface area (Å²) in [6, 6.07) is 0.407. The first-order valence-electron chi connectivity index (χ1n) is 6.02. The van der Waals surface area contributed by atoms with Crippen molar-refractivity contribution in [3.8, 4) is 0 Å². The summed E-state index contributed by atoms with van der Waals surface area (Å²) in [6.07, 6.45) is 9.47. The quantitative estimate of drug-likeness (QED) is 0.725. The van der Waals surface area contributed by atoms with Crippen molar-refractivity contribution in [3.05, 3.63) is 12.2 Å². The molecule has 0 radical (unpaired) electrons. The summed E-state index contributed by atoms with van der Waals surface area (Å²) in [4.78, 5) is 11.9. The van der Waals surface area contributed by atoms with Crippen LogP contribution in [0.3, 0.4) is 0 Å². The standard InChI is InChI=1S/C12H20N2O.ClH/c15-12(10-4-2-1-3-5-10)14-11-6-8-13-9-7-11;/h1-2,10-11,13H,3-9H2,(H,14,15);1H. The van der Waals surface area contributed by atoms with Crippen LogP contribution in [0, 0.1) is 5.92 Å². The van der Waals surface area contributed by atoms with Gasteiger partial charge >= 0.3 is 0 Å². The van der Waals surface area contributed by atoms with Crippen molar-refractivity contribution < 1.29 is 4.79 Å². The highest BCUT2D eigenvalue weighted by molar-refractivity contribution is 5.85. The van der Waals surface area contributed by atoms with Crippen LogP contribution >= 0.6 is 12.4 Å². The summed E-state index contributed by atoms with van der Waals surface area (Å²) in [5.41, 5.74) is 0. The molecular formula is C12H21ClN2O. The zero-order chi connectivity index (χ0) is 10.5. The highest BCUT2D eigenvalue weighted by Gasteiger charge is 2.22. The van der Waals surface area contributed by atoms with Crippen LogP contribution in [0.15, 0.2) is 12.2 Å². The summed E-state index contributed by atoms with van der Waals surface area (Å²) in [5.74, 6) is 0.496. The summed E-state index contributed by atoms with van der Waals surface area (Å²) in [6.45, 7) is 2.07. The third-order valence-corrected chi connectivity index (χ3v) is 3.33. The SMILES string of the molecule is Cl.O=C(NC1CCNCC1)C1CC=CCC1. The maximum Gasteiger partial charge on any atom is 0.223 e. The second-order valence-corrected chi connectivity index (χ2v) is 4.51. The highest BCUT2D eigenvalue weighted by atomic mass is 35.5. The first-order chi connectivity index (χ1) is 7.36. The van der Waals surface area contributed by atoms with Gasteiger partial charge in [-0.15, -0.1) is 12.4 Å². The Morgan fingerprint density at radius 1 is 1.19 bits per heavy atom. The second-order valence-electron chi connectivity index (χ2n) is 4.51. The van der Waals surface area contributed by atoms with Crippen molar-refractivity contribution in [2.75, 3.05) is 13.1 Å². The predicted molar refractivity (Wildman–Crippen MR) is 67.8 cm³/mol. The Hall–Kier alpha value is -0.540. The van der Waals surface area contributed by atoms with E-state index in [4.69, 9.17) is 0 Å². The molecule has 2 aliphatic rings. The molecule has 0 aromatic rings. The lowest BCUT2D eigenvalue weighted by Gasteiger charge is -2.26. The first kappa shape index (κ1) is 13.5. The minimum atomic E-state index is 0. The number of hydrogen-bond acceptors (Lipinski definition) is 2. The van der Waals surface area contributed by atoms with Crippen molar-refractivity contribution in [2.24, 2.45) is 5.92 Å². The third kappa shape index (κ3) is 3.80. The highest BCUT2D eigenvalue weighted by Crippen LogP contribution is 2.18. The Bertz CT molecular complexity index is 249. The molecule has 0 aromatic heterocycles. The molecule has 1 unspecified atom stereocenters. The van der Waals surface area contributed by atoms with Crippen LogP contribution in [0.4, 0.5) is 0 Å². The molecule has 1 aliphatic heterocycles. The van der Waals surface area contributed by atoms with Gasteiger partial charge in [0.15, 0.2) is 0 Å². The van der Waals surface area contributed by atoms with Gasteiger partial charge in [0, 0.05) is 12.0 Å². The lowest BCUT2D eigenvalue weighted by atomic mass is 9.93. The first-order valence-corrected chi connectivity index (χ1v) is 6.02. The average molecular weight is 245 g/mol. The average Bonchev–Trinajstić information content (AvgIpc) is 2.31. The van der Waals surface area contributed by atoms with Gasteiger partial charge in [0.05, 0.1) is 0 Å². The maximum atomic E-state index is 11.9. The molecule has 1 atom stereocenters. The number of piperidine rings is 1. The van der Waals surface area contributed by atoms with Crippen LogP contribution in [-0.2, 0) is 4.79 Å². The largest absolute Gasteiger partial charge is 0.353 e. The summed E-state index contributed by atoms with van der Waals surface area (Å²) < 4.78 is 0. The van der Waals surface area contributed by atoms with Gasteiger partial charge in [-0.25, -0.2) is 0 Å². The van der Waals surface area contributed by atoms with Crippen molar-refractivity contribution in [1.29, 1.82) is 0 Å². The molecule has 3 nitrogen and oxygen atoms in total. The van der Waals surface area contributed by atoms with Crippen molar-refractivity contribution >= 4 is 18.3 Å². The summed E-state index contributed by atoms with van der Waals surface area (Å²) in [7, 11) is 0. The van der Waals surface area contributed by atoms with E-state index >= 15 is 0 Å². The molecule has 92 valence electrons. The van der Waals surface area contributed by atoms with Crippen LogP contribution in [0.25, 0.3) is 0 Å². The molecule has 1 amide bonds. The van der Waals surface area contributed by atoms with Gasteiger partial charge in [0.2, 0.25) is 5.91 Å². The van der Waals surface area contributed by atoms with Crippen LogP contribution in [0.5, 0.6) is 0 Å². The van der Waals surface area contributed by atoms with Gasteiger partial charge in [0.1, 0.15) is 0 Å². The van der Waals surface area contributed by atoms with Crippen molar-refractivity contribution in [1.82, 2.24) is 10.6 Å². The van der Waals surface area contributed by atoms with Gasteiger partial charge in [-0.3, -0.25) is 4.79 Å². The number of rotatable bonds is 2. The number of carbonyl (C=O) groups is 1. The second kappa shape index (κ2) is 6.92. The Morgan fingerprint density at radius 3 is 2.56 bits per heavy atom. The topological polar surface area (TPSA) is 41.1 Å². The number of halogens is 1. The molecule has 1 saturated heterocycles. The molecule has 2 rings (SSSR count). The molecule has 16 heavy (non-hydrogen) atoms. The van der Waals surface area contributed by atoms with E-state index in [9.17, 15) is 4.79 Å². The zero-order valence-corrected chi connectivity index (χ0v) is 10.4. The lowest BCUT2D eigenvalue weighted by molar-refractivity contribution is -0.126. The Kier molecular flexibility index (Phi) is 5.85. The van der Waals surface area contributed by atoms with Gasteiger partial charge in [-0.05, 0) is 45.2 Å². The van der Waals surface area contributed by atoms with E-state index in [1.54, 1.807) is 0 Å². The van der Waals surface area contributed by atoms with Gasteiger partial charge in [-0.2, -0.15) is 0 Å². The Balaban J connectivity index is 0.00000128. The maximum absolute atomic E-state index is 11.9. The normalized spacial score (nSPS) is 25.9. The summed E-state index contributed by atoms with van der Waals surface area (Å²) in [5, 5.41) is 6.48. The Labute approximate surface area is 103 Å². The fourth-order valence-electron chi connectivity index (χ4n) is 2.32. The zero-order valence-electron chi connectivity index (χ0n) is 9.58. The van der Waals surface area contributed by atoms with Gasteiger partial charge in [0.25, 0.3) is 0 Å². The van der Waals surface area contributed by atoms with Crippen LogP contribution < -0.4 is 10.6 Å². The van der Waals surface area contributed by atoms with E-state index < -0.39 is 0 Å². The third-order valence-electron chi connectivity index (χ3n) is 3.33. The molecule has 0 aromatic carbocycles. The number of hydrogen-bond donors (Lipinski definition) is 2. The number of allylic oxidation sites excluding steroid dienone is 2. The molecule has 0 bridgehead atoms. The number of amides is 1. The number of nitrogens with one attached hydrogen (secondary N) is 2. The molecule has 4 heteroatoms. The van der Waals surface area contributed by atoms with E-state index in [2.05, 4.69) is 22.8 Å². The Morgan fingerprint density at radius 2 is 1.94 bits per heavy atom. The van der Waals surface area contributed by atoms with Gasteiger partial charge < -0.3 is 10.6 Å². The molecule has 0 saturated carbocycles. The molecule has 1 heterocycles. The fraction of sp³-hybridized carbons (Fsp3) is 0.750. The molecule has 1 aliphatic carbocycles. The predicted octanol–water partition coefficient (Wildman–Crippen LogP) is 1.63. The minimum absolute atomic E-state index is 0. The van der Waals surface area contributed by atoms with Gasteiger partial charge in [-0.1, -0.05) is 12.2 Å². The summed E-state index contributed by atoms with van der Waals surface area (Å²) >= 11 is 0. The van der Waals surface area contributed by atoms with Crippen molar-refractivity contribution in [3.63, 3.8) is 0 Å². The van der Waals surface area contributed by atoms with Crippen LogP contribution in [-0.4, -0.2) is 25.0 Å². The smallest absolute Gasteiger partial charge is 0.223 e. The number of carbonyl (C=O) groups excluding carboxylic acids is 1. The van der Waals surface area contributed by atoms with Crippen LogP contribution in [0.2, 0.25) is 0 Å². The van der Waals surface area contributed by atoms with Crippen LogP contribution in [0.1, 0.15) is 32.1 Å². The molecule has 1 fully saturated rings. The van der Waals surface area contributed by atoms with E-state index in [-0.39, 0.29) is 24.2 Å². The fourth-order valence-corrected chi connectivity index (χ4v) is 2.32. The molecule has 2 N–H and O–H groups in total. The molecule has 0 spiro atoms. The molecular weight excluding hydrogens is 224 g/mol. The monoisotopic (exact) mass is 244 g/mol. The van der Waals surface area contributed by atoms with E-state index in [0.717, 1.165) is 45.2 Å².